The Kier molecular flexibility index (Phi) is 4.12. The highest BCUT2D eigenvalue weighted by Gasteiger charge is 2.37. The molecule has 0 bridgehead atoms. The fourth-order valence-corrected chi connectivity index (χ4v) is 5.67. The highest BCUT2D eigenvalue weighted by molar-refractivity contribution is 7.89. The average molecular weight is 287 g/mol. The monoisotopic (exact) mass is 287 g/mol. The van der Waals surface area contributed by atoms with Gasteiger partial charge in [0.2, 0.25) is 10.0 Å². The van der Waals surface area contributed by atoms with Gasteiger partial charge in [0, 0.05) is 25.7 Å². The number of piperidine rings is 1. The van der Waals surface area contributed by atoms with Crippen LogP contribution in [0.5, 0.6) is 0 Å². The van der Waals surface area contributed by atoms with Crippen molar-refractivity contribution in [3.63, 3.8) is 0 Å². The summed E-state index contributed by atoms with van der Waals surface area (Å²) in [6.07, 6.45) is 5.17. The van der Waals surface area contributed by atoms with E-state index in [0.29, 0.717) is 19.1 Å². The van der Waals surface area contributed by atoms with E-state index in [2.05, 4.69) is 10.2 Å². The van der Waals surface area contributed by atoms with Gasteiger partial charge >= 0.3 is 0 Å². The van der Waals surface area contributed by atoms with E-state index < -0.39 is 10.0 Å². The Labute approximate surface area is 116 Å². The van der Waals surface area contributed by atoms with Crippen LogP contribution in [0.1, 0.15) is 32.1 Å². The summed E-state index contributed by atoms with van der Waals surface area (Å²) in [6, 6.07) is 0.467. The highest BCUT2D eigenvalue weighted by atomic mass is 32.2. The lowest BCUT2D eigenvalue weighted by molar-refractivity contribution is 0.257. The van der Waals surface area contributed by atoms with Crippen molar-refractivity contribution in [1.29, 1.82) is 0 Å². The van der Waals surface area contributed by atoms with Crippen LogP contribution in [-0.4, -0.2) is 68.2 Å². The first kappa shape index (κ1) is 13.8. The molecule has 0 aromatic rings. The van der Waals surface area contributed by atoms with Crippen molar-refractivity contribution in [2.24, 2.45) is 0 Å². The molecule has 5 nitrogen and oxygen atoms in total. The summed E-state index contributed by atoms with van der Waals surface area (Å²) < 4.78 is 27.3. The summed E-state index contributed by atoms with van der Waals surface area (Å²) in [7, 11) is -3.10. The first-order chi connectivity index (χ1) is 9.18. The SMILES string of the molecule is O=S(=O)(C1CCCNC1)N1CCCN2CCCC2C1. The molecule has 3 saturated heterocycles. The molecule has 0 radical (unpaired) electrons. The standard InChI is InChI=1S/C13H25N3O2S/c17-19(18,13-5-1-6-14-10-13)16-9-3-8-15-7-2-4-12(15)11-16/h12-14H,1-11H2. The smallest absolute Gasteiger partial charge is 0.218 e. The maximum atomic E-state index is 12.7. The van der Waals surface area contributed by atoms with Crippen LogP contribution in [0.4, 0.5) is 0 Å². The van der Waals surface area contributed by atoms with E-state index in [9.17, 15) is 8.42 Å². The van der Waals surface area contributed by atoms with Crippen LogP contribution in [0.3, 0.4) is 0 Å². The summed E-state index contributed by atoms with van der Waals surface area (Å²) in [5, 5.41) is 3.03. The zero-order chi connectivity index (χ0) is 13.3. The lowest BCUT2D eigenvalue weighted by Crippen LogP contribution is -2.48. The minimum Gasteiger partial charge on any atom is -0.315 e. The number of hydrogen-bond donors (Lipinski definition) is 1. The Hall–Kier alpha value is -0.170. The number of hydrogen-bond acceptors (Lipinski definition) is 4. The second-order valence-corrected chi connectivity index (χ2v) is 8.27. The summed E-state index contributed by atoms with van der Waals surface area (Å²) in [4.78, 5) is 2.48. The van der Waals surface area contributed by atoms with Crippen molar-refractivity contribution in [2.45, 2.75) is 43.4 Å². The number of nitrogens with zero attached hydrogens (tertiary/aromatic N) is 2. The van der Waals surface area contributed by atoms with Gasteiger partial charge < -0.3 is 5.32 Å². The first-order valence-electron chi connectivity index (χ1n) is 7.61. The van der Waals surface area contributed by atoms with Crippen LogP contribution in [0, 0.1) is 0 Å². The molecular formula is C13H25N3O2S. The predicted octanol–water partition coefficient (Wildman–Crippen LogP) is 0.238. The second kappa shape index (κ2) is 5.68. The van der Waals surface area contributed by atoms with E-state index in [1.165, 1.54) is 6.42 Å². The highest BCUT2D eigenvalue weighted by Crippen LogP contribution is 2.25. The van der Waals surface area contributed by atoms with Gasteiger partial charge in [-0.15, -0.1) is 0 Å². The van der Waals surface area contributed by atoms with E-state index in [4.69, 9.17) is 0 Å². The fraction of sp³-hybridized carbons (Fsp3) is 1.00. The third kappa shape index (κ3) is 2.82. The van der Waals surface area contributed by atoms with Gasteiger partial charge in [0.1, 0.15) is 0 Å². The molecule has 19 heavy (non-hydrogen) atoms. The number of rotatable bonds is 2. The van der Waals surface area contributed by atoms with E-state index in [0.717, 1.165) is 51.9 Å². The molecule has 0 spiro atoms. The van der Waals surface area contributed by atoms with Crippen LogP contribution in [-0.2, 0) is 10.0 Å². The van der Waals surface area contributed by atoms with Crippen molar-refractivity contribution < 1.29 is 8.42 Å². The van der Waals surface area contributed by atoms with Crippen molar-refractivity contribution in [3.05, 3.63) is 0 Å². The molecule has 3 rings (SSSR count). The normalized spacial score (nSPS) is 34.9. The molecule has 0 aromatic carbocycles. The van der Waals surface area contributed by atoms with Crippen LogP contribution >= 0.6 is 0 Å². The van der Waals surface area contributed by atoms with E-state index in [-0.39, 0.29) is 5.25 Å². The Morgan fingerprint density at radius 3 is 2.63 bits per heavy atom. The van der Waals surface area contributed by atoms with Crippen LogP contribution in [0.2, 0.25) is 0 Å². The largest absolute Gasteiger partial charge is 0.315 e. The molecule has 0 saturated carbocycles. The minimum atomic E-state index is -3.10. The maximum Gasteiger partial charge on any atom is 0.218 e. The zero-order valence-corrected chi connectivity index (χ0v) is 12.4. The molecular weight excluding hydrogens is 262 g/mol. The van der Waals surface area contributed by atoms with Crippen LogP contribution in [0.15, 0.2) is 0 Å². The lowest BCUT2D eigenvalue weighted by Gasteiger charge is -2.31. The molecule has 3 aliphatic rings. The summed E-state index contributed by atoms with van der Waals surface area (Å²) in [6.45, 7) is 5.25. The third-order valence-electron chi connectivity index (χ3n) is 4.80. The van der Waals surface area contributed by atoms with Gasteiger partial charge in [0.05, 0.1) is 5.25 Å². The average Bonchev–Trinajstić information content (AvgIpc) is 2.76. The Morgan fingerprint density at radius 2 is 1.84 bits per heavy atom. The number of sulfonamides is 1. The van der Waals surface area contributed by atoms with E-state index in [1.807, 2.05) is 0 Å². The van der Waals surface area contributed by atoms with Crippen LogP contribution < -0.4 is 5.32 Å². The Bertz CT molecular complexity index is 406. The van der Waals surface area contributed by atoms with Crippen molar-refractivity contribution >= 4 is 10.0 Å². The molecule has 2 atom stereocenters. The van der Waals surface area contributed by atoms with Gasteiger partial charge in [-0.1, -0.05) is 0 Å². The fourth-order valence-electron chi connectivity index (χ4n) is 3.69. The van der Waals surface area contributed by atoms with Gasteiger partial charge in [0.25, 0.3) is 0 Å². The first-order valence-corrected chi connectivity index (χ1v) is 9.12. The minimum absolute atomic E-state index is 0.200. The van der Waals surface area contributed by atoms with Gasteiger partial charge in [-0.05, 0) is 51.7 Å². The summed E-state index contributed by atoms with van der Waals surface area (Å²) in [5.41, 5.74) is 0. The molecule has 6 heteroatoms. The summed E-state index contributed by atoms with van der Waals surface area (Å²) >= 11 is 0. The lowest BCUT2D eigenvalue weighted by atomic mass is 10.2. The molecule has 3 heterocycles. The van der Waals surface area contributed by atoms with E-state index in [1.54, 1.807) is 4.31 Å². The van der Waals surface area contributed by atoms with Crippen molar-refractivity contribution in [2.75, 3.05) is 39.3 Å². The van der Waals surface area contributed by atoms with Crippen molar-refractivity contribution in [1.82, 2.24) is 14.5 Å². The summed E-state index contributed by atoms with van der Waals surface area (Å²) in [5.74, 6) is 0. The second-order valence-electron chi connectivity index (χ2n) is 6.06. The number of nitrogens with one attached hydrogen (secondary N) is 1. The topological polar surface area (TPSA) is 52.7 Å². The molecule has 0 aromatic heterocycles. The molecule has 0 aliphatic carbocycles. The maximum absolute atomic E-state index is 12.7. The molecule has 110 valence electrons. The van der Waals surface area contributed by atoms with Gasteiger partial charge in [-0.3, -0.25) is 4.90 Å². The Balaban J connectivity index is 1.72. The molecule has 1 N–H and O–H groups in total. The predicted molar refractivity (Wildman–Crippen MR) is 75.6 cm³/mol. The molecule has 3 fully saturated rings. The third-order valence-corrected chi connectivity index (χ3v) is 7.10. The van der Waals surface area contributed by atoms with Crippen molar-refractivity contribution in [3.8, 4) is 0 Å². The molecule has 2 unspecified atom stereocenters. The van der Waals surface area contributed by atoms with E-state index >= 15 is 0 Å². The Morgan fingerprint density at radius 1 is 1.00 bits per heavy atom. The van der Waals surface area contributed by atoms with Crippen LogP contribution in [0.25, 0.3) is 0 Å². The quantitative estimate of drug-likeness (QED) is 0.790. The molecule has 3 aliphatic heterocycles. The number of fused-ring (bicyclic) bond motifs is 1. The molecule has 0 amide bonds. The zero-order valence-electron chi connectivity index (χ0n) is 11.6. The van der Waals surface area contributed by atoms with Gasteiger partial charge in [-0.25, -0.2) is 12.7 Å². The van der Waals surface area contributed by atoms with Gasteiger partial charge in [0.15, 0.2) is 0 Å². The van der Waals surface area contributed by atoms with Gasteiger partial charge in [-0.2, -0.15) is 0 Å².